The fourth-order valence-electron chi connectivity index (χ4n) is 1.80. The van der Waals surface area contributed by atoms with Crippen LogP contribution in [0.25, 0.3) is 0 Å². The van der Waals surface area contributed by atoms with Crippen LogP contribution in [-0.2, 0) is 20.0 Å². The summed E-state index contributed by atoms with van der Waals surface area (Å²) in [7, 11) is 1.94. The topological polar surface area (TPSA) is 47.7 Å². The highest BCUT2D eigenvalue weighted by molar-refractivity contribution is 5.25. The Morgan fingerprint density at radius 3 is 2.89 bits per heavy atom. The van der Waals surface area contributed by atoms with Crippen molar-refractivity contribution in [3.05, 3.63) is 30.4 Å². The second kappa shape index (κ2) is 5.71. The highest BCUT2D eigenvalue weighted by atomic mass is 15.2. The zero-order valence-electron chi connectivity index (χ0n) is 11.3. The summed E-state index contributed by atoms with van der Waals surface area (Å²) in [5.41, 5.74) is 1.25. The summed E-state index contributed by atoms with van der Waals surface area (Å²) in [4.78, 5) is 4.34. The van der Waals surface area contributed by atoms with E-state index in [0.717, 1.165) is 25.5 Å². The number of nitrogens with zero attached hydrogens (tertiary/aromatic N) is 4. The number of aromatic nitrogens is 4. The van der Waals surface area contributed by atoms with E-state index >= 15 is 0 Å². The molecule has 0 bridgehead atoms. The summed E-state index contributed by atoms with van der Waals surface area (Å²) in [5.74, 6) is 1.57. The van der Waals surface area contributed by atoms with E-state index in [1.807, 2.05) is 30.3 Å². The highest BCUT2D eigenvalue weighted by Crippen LogP contribution is 2.08. The van der Waals surface area contributed by atoms with Gasteiger partial charge < -0.3 is 9.88 Å². The van der Waals surface area contributed by atoms with Gasteiger partial charge in [-0.1, -0.05) is 13.8 Å². The minimum absolute atomic E-state index is 0.619. The molecule has 2 rings (SSSR count). The molecule has 5 nitrogen and oxygen atoms in total. The first-order valence-corrected chi connectivity index (χ1v) is 6.37. The quantitative estimate of drug-likeness (QED) is 0.848. The molecule has 18 heavy (non-hydrogen) atoms. The maximum Gasteiger partial charge on any atom is 0.202 e. The van der Waals surface area contributed by atoms with E-state index in [2.05, 4.69) is 40.0 Å². The third kappa shape index (κ3) is 3.35. The molecule has 0 saturated heterocycles. The molecule has 0 aliphatic rings. The predicted molar refractivity (Wildman–Crippen MR) is 72.5 cm³/mol. The van der Waals surface area contributed by atoms with Crippen molar-refractivity contribution >= 4 is 5.95 Å². The molecule has 0 spiro atoms. The molecule has 98 valence electrons. The van der Waals surface area contributed by atoms with Crippen molar-refractivity contribution in [2.45, 2.75) is 26.8 Å². The van der Waals surface area contributed by atoms with Crippen molar-refractivity contribution in [2.24, 2.45) is 13.0 Å². The van der Waals surface area contributed by atoms with Gasteiger partial charge in [-0.05, 0) is 17.9 Å². The normalized spacial score (nSPS) is 11.1. The highest BCUT2D eigenvalue weighted by Gasteiger charge is 2.04. The standard InChI is InChI=1S/C13H21N5/c1-11(2)8-15-13-14-5-7-18(13)6-4-12-9-16-17(3)10-12/h5,7,9-11H,4,6,8H2,1-3H3,(H,14,15). The van der Waals surface area contributed by atoms with E-state index in [9.17, 15) is 0 Å². The number of nitrogens with one attached hydrogen (secondary N) is 1. The smallest absolute Gasteiger partial charge is 0.202 e. The van der Waals surface area contributed by atoms with E-state index in [1.54, 1.807) is 0 Å². The SMILES string of the molecule is CC(C)CNc1nccn1CCc1cnn(C)c1. The van der Waals surface area contributed by atoms with Crippen LogP contribution in [-0.4, -0.2) is 25.9 Å². The molecular formula is C13H21N5. The molecule has 0 saturated carbocycles. The van der Waals surface area contributed by atoms with Gasteiger partial charge in [0.05, 0.1) is 6.20 Å². The van der Waals surface area contributed by atoms with Crippen molar-refractivity contribution in [1.29, 1.82) is 0 Å². The number of imidazole rings is 1. The third-order valence-electron chi connectivity index (χ3n) is 2.78. The number of hydrogen-bond donors (Lipinski definition) is 1. The van der Waals surface area contributed by atoms with Gasteiger partial charge in [0.1, 0.15) is 0 Å². The van der Waals surface area contributed by atoms with Crippen molar-refractivity contribution in [2.75, 3.05) is 11.9 Å². The van der Waals surface area contributed by atoms with Crippen molar-refractivity contribution in [3.8, 4) is 0 Å². The van der Waals surface area contributed by atoms with E-state index in [1.165, 1.54) is 5.56 Å². The Balaban J connectivity index is 1.91. The first-order chi connectivity index (χ1) is 8.65. The van der Waals surface area contributed by atoms with Gasteiger partial charge in [0.2, 0.25) is 5.95 Å². The van der Waals surface area contributed by atoms with Crippen molar-refractivity contribution in [1.82, 2.24) is 19.3 Å². The number of rotatable bonds is 6. The summed E-state index contributed by atoms with van der Waals surface area (Å²) in [6, 6.07) is 0. The van der Waals surface area contributed by atoms with Crippen molar-refractivity contribution in [3.63, 3.8) is 0 Å². The lowest BCUT2D eigenvalue weighted by Crippen LogP contribution is -2.13. The molecule has 0 aliphatic carbocycles. The van der Waals surface area contributed by atoms with Gasteiger partial charge in [-0.2, -0.15) is 5.10 Å². The Kier molecular flexibility index (Phi) is 4.02. The number of aryl methyl sites for hydroxylation is 3. The molecule has 2 aromatic heterocycles. The Morgan fingerprint density at radius 1 is 1.39 bits per heavy atom. The predicted octanol–water partition coefficient (Wildman–Crippen LogP) is 1.93. The molecule has 0 amide bonds. The van der Waals surface area contributed by atoms with Crippen LogP contribution in [0.2, 0.25) is 0 Å². The lowest BCUT2D eigenvalue weighted by molar-refractivity contribution is 0.660. The van der Waals surface area contributed by atoms with Gasteiger partial charge in [0.25, 0.3) is 0 Å². The van der Waals surface area contributed by atoms with Crippen LogP contribution in [0.1, 0.15) is 19.4 Å². The second-order valence-corrected chi connectivity index (χ2v) is 4.99. The molecule has 0 atom stereocenters. The maximum atomic E-state index is 4.34. The zero-order chi connectivity index (χ0) is 13.0. The molecule has 0 unspecified atom stereocenters. The summed E-state index contributed by atoms with van der Waals surface area (Å²) in [6.07, 6.45) is 8.79. The monoisotopic (exact) mass is 247 g/mol. The largest absolute Gasteiger partial charge is 0.355 e. The Morgan fingerprint density at radius 2 is 2.22 bits per heavy atom. The number of anilines is 1. The van der Waals surface area contributed by atoms with Crippen LogP contribution in [0.15, 0.2) is 24.8 Å². The Hall–Kier alpha value is -1.78. The molecule has 0 fully saturated rings. The molecule has 0 aliphatic heterocycles. The van der Waals surface area contributed by atoms with E-state index in [4.69, 9.17) is 0 Å². The van der Waals surface area contributed by atoms with Crippen LogP contribution in [0, 0.1) is 5.92 Å². The molecule has 2 heterocycles. The average Bonchev–Trinajstić information content (AvgIpc) is 2.92. The van der Waals surface area contributed by atoms with E-state index < -0.39 is 0 Å². The van der Waals surface area contributed by atoms with E-state index in [0.29, 0.717) is 5.92 Å². The van der Waals surface area contributed by atoms with Gasteiger partial charge in [0.15, 0.2) is 0 Å². The molecule has 5 heteroatoms. The van der Waals surface area contributed by atoms with Crippen LogP contribution in [0.5, 0.6) is 0 Å². The lowest BCUT2D eigenvalue weighted by Gasteiger charge is -2.10. The summed E-state index contributed by atoms with van der Waals surface area (Å²) < 4.78 is 3.98. The fourth-order valence-corrected chi connectivity index (χ4v) is 1.80. The minimum atomic E-state index is 0.619. The molecular weight excluding hydrogens is 226 g/mol. The first-order valence-electron chi connectivity index (χ1n) is 6.37. The maximum absolute atomic E-state index is 4.34. The van der Waals surface area contributed by atoms with Crippen LogP contribution >= 0.6 is 0 Å². The lowest BCUT2D eigenvalue weighted by atomic mass is 10.2. The molecule has 2 aromatic rings. The molecule has 1 N–H and O–H groups in total. The fraction of sp³-hybridized carbons (Fsp3) is 0.538. The summed E-state index contributed by atoms with van der Waals surface area (Å²) in [6.45, 7) is 6.25. The van der Waals surface area contributed by atoms with Gasteiger partial charge in [0, 0.05) is 38.7 Å². The molecule has 0 aromatic carbocycles. The molecule has 0 radical (unpaired) electrons. The average molecular weight is 247 g/mol. The Labute approximate surface area is 108 Å². The zero-order valence-corrected chi connectivity index (χ0v) is 11.3. The summed E-state index contributed by atoms with van der Waals surface area (Å²) >= 11 is 0. The van der Waals surface area contributed by atoms with E-state index in [-0.39, 0.29) is 0 Å². The first kappa shape index (κ1) is 12.7. The summed E-state index contributed by atoms with van der Waals surface area (Å²) in [5, 5.41) is 7.54. The Bertz CT molecular complexity index is 483. The minimum Gasteiger partial charge on any atom is -0.355 e. The van der Waals surface area contributed by atoms with Gasteiger partial charge in [-0.15, -0.1) is 0 Å². The number of hydrogen-bond acceptors (Lipinski definition) is 3. The van der Waals surface area contributed by atoms with Crippen LogP contribution in [0.3, 0.4) is 0 Å². The van der Waals surface area contributed by atoms with Gasteiger partial charge >= 0.3 is 0 Å². The van der Waals surface area contributed by atoms with Crippen LogP contribution in [0.4, 0.5) is 5.95 Å². The second-order valence-electron chi connectivity index (χ2n) is 4.99. The van der Waals surface area contributed by atoms with Gasteiger partial charge in [-0.3, -0.25) is 4.68 Å². The van der Waals surface area contributed by atoms with Crippen LogP contribution < -0.4 is 5.32 Å². The van der Waals surface area contributed by atoms with Crippen molar-refractivity contribution < 1.29 is 0 Å². The third-order valence-corrected chi connectivity index (χ3v) is 2.78. The van der Waals surface area contributed by atoms with Gasteiger partial charge in [-0.25, -0.2) is 4.98 Å².